The quantitative estimate of drug-likeness (QED) is 0.677. The summed E-state index contributed by atoms with van der Waals surface area (Å²) in [4.78, 5) is 4.25. The molecular weight excluding hydrogens is 256 g/mol. The molecule has 2 heterocycles. The van der Waals surface area contributed by atoms with Crippen LogP contribution in [0.4, 0.5) is 0 Å². The number of hydrogen-bond acceptors (Lipinski definition) is 7. The van der Waals surface area contributed by atoms with E-state index in [-0.39, 0.29) is 0 Å². The Bertz CT molecular complexity index is 687. The number of nitrogens with one attached hydrogen (secondary N) is 1. The van der Waals surface area contributed by atoms with E-state index in [2.05, 4.69) is 25.8 Å². The predicted octanol–water partition coefficient (Wildman–Crippen LogP) is -0.486. The monoisotopic (exact) mass is 270 g/mol. The van der Waals surface area contributed by atoms with Crippen molar-refractivity contribution in [2.75, 3.05) is 0 Å². The van der Waals surface area contributed by atoms with E-state index in [0.29, 0.717) is 5.84 Å². The highest BCUT2D eigenvalue weighted by Gasteiger charge is 2.28. The predicted molar refractivity (Wildman–Crippen MR) is 73.7 cm³/mol. The molecule has 1 unspecified atom stereocenters. The van der Waals surface area contributed by atoms with Crippen LogP contribution in [-0.4, -0.2) is 26.0 Å². The summed E-state index contributed by atoms with van der Waals surface area (Å²) in [6.45, 7) is 1.97. The minimum atomic E-state index is -1.09. The molecule has 102 valence electrons. The van der Waals surface area contributed by atoms with Crippen LogP contribution in [0.15, 0.2) is 41.8 Å². The third-order valence-corrected chi connectivity index (χ3v) is 3.11. The van der Waals surface area contributed by atoms with Crippen molar-refractivity contribution in [3.05, 3.63) is 47.9 Å². The summed E-state index contributed by atoms with van der Waals surface area (Å²) in [7, 11) is 0. The Hall–Kier alpha value is -2.74. The van der Waals surface area contributed by atoms with Gasteiger partial charge in [-0.15, -0.1) is 5.10 Å². The third-order valence-electron chi connectivity index (χ3n) is 3.11. The molecule has 2 aromatic rings. The summed E-state index contributed by atoms with van der Waals surface area (Å²) in [5, 5.41) is 14.2. The molecule has 5 N–H and O–H groups in total. The van der Waals surface area contributed by atoms with Gasteiger partial charge in [0, 0.05) is 11.8 Å². The molecule has 0 aliphatic carbocycles. The van der Waals surface area contributed by atoms with Crippen molar-refractivity contribution >= 4 is 5.84 Å². The third kappa shape index (κ3) is 2.01. The minimum absolute atomic E-state index is 0.371. The van der Waals surface area contributed by atoms with Gasteiger partial charge in [-0.25, -0.2) is 9.67 Å². The molecule has 1 atom stereocenters. The summed E-state index contributed by atoms with van der Waals surface area (Å²) >= 11 is 0. The first-order valence-electron chi connectivity index (χ1n) is 6.01. The maximum absolute atomic E-state index is 6.25. The van der Waals surface area contributed by atoms with E-state index >= 15 is 0 Å². The normalized spacial score (nSPS) is 21.4. The molecule has 8 nitrogen and oxygen atoms in total. The molecule has 0 bridgehead atoms. The van der Waals surface area contributed by atoms with E-state index < -0.39 is 5.79 Å². The van der Waals surface area contributed by atoms with Gasteiger partial charge < -0.3 is 11.1 Å². The van der Waals surface area contributed by atoms with Gasteiger partial charge in [-0.3, -0.25) is 5.73 Å². The average molecular weight is 270 g/mol. The second kappa shape index (κ2) is 4.42. The lowest BCUT2D eigenvalue weighted by Gasteiger charge is -2.29. The highest BCUT2D eigenvalue weighted by molar-refractivity contribution is 5.92. The fourth-order valence-electron chi connectivity index (χ4n) is 2.04. The zero-order valence-corrected chi connectivity index (χ0v) is 10.9. The van der Waals surface area contributed by atoms with Crippen molar-refractivity contribution in [2.45, 2.75) is 12.7 Å². The van der Waals surface area contributed by atoms with Crippen LogP contribution in [0.2, 0.25) is 0 Å². The van der Waals surface area contributed by atoms with Gasteiger partial charge in [0.25, 0.3) is 0 Å². The van der Waals surface area contributed by atoms with Crippen LogP contribution in [0.3, 0.4) is 0 Å². The Labute approximate surface area is 115 Å². The topological polar surface area (TPSA) is 120 Å². The number of hydrogen-bond donors (Lipinski definition) is 3. The van der Waals surface area contributed by atoms with Crippen molar-refractivity contribution in [2.24, 2.45) is 16.5 Å². The Balaban J connectivity index is 2.08. The molecule has 0 saturated carbocycles. The highest BCUT2D eigenvalue weighted by Crippen LogP contribution is 2.23. The maximum Gasteiger partial charge on any atom is 0.211 e. The van der Waals surface area contributed by atoms with Crippen LogP contribution in [0.25, 0.3) is 5.69 Å². The van der Waals surface area contributed by atoms with Crippen molar-refractivity contribution in [1.29, 1.82) is 0 Å². The van der Waals surface area contributed by atoms with Crippen molar-refractivity contribution in [3.8, 4) is 5.69 Å². The molecule has 20 heavy (non-hydrogen) atoms. The van der Waals surface area contributed by atoms with Crippen LogP contribution in [0.5, 0.6) is 0 Å². The van der Waals surface area contributed by atoms with Gasteiger partial charge >= 0.3 is 0 Å². The molecule has 0 radical (unpaired) electrons. The van der Waals surface area contributed by atoms with Gasteiger partial charge in [0.05, 0.1) is 5.69 Å². The zero-order valence-electron chi connectivity index (χ0n) is 10.9. The SMILES string of the molecule is Cc1ccc(C2(N)N=C(N)C=CN2)cc1-n1cnnn1. The van der Waals surface area contributed by atoms with Gasteiger partial charge in [-0.05, 0) is 35.1 Å². The van der Waals surface area contributed by atoms with Crippen molar-refractivity contribution in [3.63, 3.8) is 0 Å². The fourth-order valence-corrected chi connectivity index (χ4v) is 2.04. The standard InChI is InChI=1S/C12H14N8/c1-8-2-3-9(6-10(8)20-7-16-18-19-20)12(14)15-5-4-11(13)17-12/h2-7,15H,14H2,1H3,(H2,13,17). The van der Waals surface area contributed by atoms with E-state index in [0.717, 1.165) is 16.8 Å². The molecular formula is C12H14N8. The zero-order chi connectivity index (χ0) is 14.2. The van der Waals surface area contributed by atoms with Crippen LogP contribution in [0.1, 0.15) is 11.1 Å². The Morgan fingerprint density at radius 1 is 1.35 bits per heavy atom. The van der Waals surface area contributed by atoms with Gasteiger partial charge in [0.15, 0.2) is 0 Å². The van der Waals surface area contributed by atoms with Crippen molar-refractivity contribution < 1.29 is 0 Å². The summed E-state index contributed by atoms with van der Waals surface area (Å²) in [6.07, 6.45) is 4.86. The molecule has 3 rings (SSSR count). The summed E-state index contributed by atoms with van der Waals surface area (Å²) < 4.78 is 1.58. The first-order chi connectivity index (χ1) is 9.58. The van der Waals surface area contributed by atoms with E-state index in [9.17, 15) is 0 Å². The largest absolute Gasteiger partial charge is 0.384 e. The number of benzene rings is 1. The lowest BCUT2D eigenvalue weighted by molar-refractivity contribution is 0.409. The number of tetrazole rings is 1. The maximum atomic E-state index is 6.25. The fraction of sp³-hybridized carbons (Fsp3) is 0.167. The van der Waals surface area contributed by atoms with Gasteiger partial charge in [-0.2, -0.15) is 0 Å². The smallest absolute Gasteiger partial charge is 0.211 e. The molecule has 0 spiro atoms. The highest BCUT2D eigenvalue weighted by atomic mass is 15.5. The Morgan fingerprint density at radius 2 is 2.20 bits per heavy atom. The van der Waals surface area contributed by atoms with E-state index in [1.54, 1.807) is 17.0 Å². The van der Waals surface area contributed by atoms with Gasteiger partial charge in [-0.1, -0.05) is 12.1 Å². The van der Waals surface area contributed by atoms with E-state index in [1.807, 2.05) is 25.1 Å². The second-order valence-electron chi connectivity index (χ2n) is 4.54. The molecule has 0 amide bonds. The van der Waals surface area contributed by atoms with Crippen molar-refractivity contribution in [1.82, 2.24) is 25.5 Å². The number of aromatic nitrogens is 4. The number of aliphatic imine (C=N–C) groups is 1. The molecule has 8 heteroatoms. The number of nitrogens with two attached hydrogens (primary N) is 2. The molecule has 1 aliphatic heterocycles. The number of nitrogens with zero attached hydrogens (tertiary/aromatic N) is 5. The molecule has 1 aliphatic rings. The number of aryl methyl sites for hydroxylation is 1. The van der Waals surface area contributed by atoms with Crippen LogP contribution in [-0.2, 0) is 5.79 Å². The van der Waals surface area contributed by atoms with Crippen LogP contribution < -0.4 is 16.8 Å². The second-order valence-corrected chi connectivity index (χ2v) is 4.54. The molecule has 0 saturated heterocycles. The lowest BCUT2D eigenvalue weighted by Crippen LogP contribution is -2.49. The first-order valence-corrected chi connectivity index (χ1v) is 6.01. The molecule has 1 aromatic heterocycles. The Kier molecular flexibility index (Phi) is 2.72. The van der Waals surface area contributed by atoms with E-state index in [1.165, 1.54) is 6.33 Å². The first kappa shape index (κ1) is 12.3. The van der Waals surface area contributed by atoms with Gasteiger partial charge in [0.1, 0.15) is 12.2 Å². The minimum Gasteiger partial charge on any atom is -0.384 e. The van der Waals surface area contributed by atoms with Crippen LogP contribution >= 0.6 is 0 Å². The lowest BCUT2D eigenvalue weighted by atomic mass is 10.0. The molecule has 0 fully saturated rings. The summed E-state index contributed by atoms with van der Waals surface area (Å²) in [6, 6.07) is 5.72. The summed E-state index contributed by atoms with van der Waals surface area (Å²) in [5.41, 5.74) is 14.6. The molecule has 1 aromatic carbocycles. The van der Waals surface area contributed by atoms with Crippen LogP contribution in [0, 0.1) is 6.92 Å². The van der Waals surface area contributed by atoms with E-state index in [4.69, 9.17) is 11.5 Å². The number of rotatable bonds is 2. The average Bonchev–Trinajstić information content (AvgIpc) is 2.92. The number of amidine groups is 1. The summed E-state index contributed by atoms with van der Waals surface area (Å²) in [5.74, 6) is -0.717. The Morgan fingerprint density at radius 3 is 2.90 bits per heavy atom. The van der Waals surface area contributed by atoms with Gasteiger partial charge in [0.2, 0.25) is 5.79 Å².